The van der Waals surface area contributed by atoms with Crippen molar-refractivity contribution < 1.29 is 28.7 Å². The van der Waals surface area contributed by atoms with E-state index >= 15 is 0 Å². The highest BCUT2D eigenvalue weighted by molar-refractivity contribution is 5.97. The molecule has 2 unspecified atom stereocenters. The summed E-state index contributed by atoms with van der Waals surface area (Å²) in [5.74, 6) is -0.940. The fraction of sp³-hybridized carbons (Fsp3) is 0.565. The van der Waals surface area contributed by atoms with Gasteiger partial charge in [0, 0.05) is 11.6 Å². The number of carbonyl (C=O) groups excluding carboxylic acids is 4. The second kappa shape index (κ2) is 13.3. The molecule has 2 rings (SSSR count). The molecular weight excluding hydrogens is 414 g/mol. The first-order valence-electron chi connectivity index (χ1n) is 11.2. The molecule has 0 spiro atoms. The standard InChI is InChI=1S/C23H33N3O6/c1-3-4-13-31-18-11-9-17(10-12-18)22(29)24-14-21(28)32-15-20(27)26-23(30)25-19-8-6-5-7-16(19)2/h9-12,16,19H,3-8,13-15H2,1-2H3,(H,24,29)(H2,25,26,27,30). The minimum Gasteiger partial charge on any atom is -0.494 e. The van der Waals surface area contributed by atoms with Gasteiger partial charge in [0.05, 0.1) is 6.61 Å². The van der Waals surface area contributed by atoms with Gasteiger partial charge in [-0.15, -0.1) is 0 Å². The zero-order valence-corrected chi connectivity index (χ0v) is 18.8. The molecule has 1 aliphatic rings. The van der Waals surface area contributed by atoms with Crippen molar-refractivity contribution >= 4 is 23.8 Å². The number of rotatable bonds is 10. The molecule has 0 aliphatic heterocycles. The van der Waals surface area contributed by atoms with Crippen LogP contribution < -0.4 is 20.7 Å². The number of ether oxygens (including phenoxy) is 2. The number of benzene rings is 1. The molecule has 9 nitrogen and oxygen atoms in total. The van der Waals surface area contributed by atoms with Crippen LogP contribution in [0.1, 0.15) is 62.7 Å². The van der Waals surface area contributed by atoms with Crippen LogP contribution in [0.15, 0.2) is 24.3 Å². The topological polar surface area (TPSA) is 123 Å². The maximum absolute atomic E-state index is 12.1. The van der Waals surface area contributed by atoms with E-state index in [-0.39, 0.29) is 6.04 Å². The molecule has 0 saturated heterocycles. The summed E-state index contributed by atoms with van der Waals surface area (Å²) in [7, 11) is 0. The number of urea groups is 1. The lowest BCUT2D eigenvalue weighted by Crippen LogP contribution is -2.48. The number of hydrogen-bond donors (Lipinski definition) is 3. The van der Waals surface area contributed by atoms with E-state index in [2.05, 4.69) is 29.8 Å². The molecule has 1 aromatic carbocycles. The molecule has 2 atom stereocenters. The Morgan fingerprint density at radius 3 is 2.47 bits per heavy atom. The summed E-state index contributed by atoms with van der Waals surface area (Å²) < 4.78 is 10.3. The molecule has 9 heteroatoms. The van der Waals surface area contributed by atoms with Crippen LogP contribution in [0.2, 0.25) is 0 Å². The van der Waals surface area contributed by atoms with Crippen LogP contribution in [0.4, 0.5) is 4.79 Å². The van der Waals surface area contributed by atoms with E-state index in [1.807, 2.05) is 0 Å². The number of hydrogen-bond acceptors (Lipinski definition) is 6. The number of nitrogens with one attached hydrogen (secondary N) is 3. The Morgan fingerprint density at radius 2 is 1.78 bits per heavy atom. The maximum Gasteiger partial charge on any atom is 0.325 e. The molecule has 1 aliphatic carbocycles. The predicted molar refractivity (Wildman–Crippen MR) is 118 cm³/mol. The van der Waals surface area contributed by atoms with Crippen molar-refractivity contribution in [3.8, 4) is 5.75 Å². The summed E-state index contributed by atoms with van der Waals surface area (Å²) in [6.45, 7) is 3.75. The van der Waals surface area contributed by atoms with E-state index in [1.165, 1.54) is 0 Å². The largest absolute Gasteiger partial charge is 0.494 e. The number of amides is 4. The first kappa shape index (κ1) is 25.2. The lowest BCUT2D eigenvalue weighted by atomic mass is 9.86. The minimum atomic E-state index is -0.783. The molecule has 0 bridgehead atoms. The van der Waals surface area contributed by atoms with Crippen molar-refractivity contribution in [3.05, 3.63) is 29.8 Å². The van der Waals surface area contributed by atoms with Gasteiger partial charge in [-0.3, -0.25) is 19.7 Å². The van der Waals surface area contributed by atoms with E-state index in [0.717, 1.165) is 38.5 Å². The summed E-state index contributed by atoms with van der Waals surface area (Å²) in [5, 5.41) is 7.37. The van der Waals surface area contributed by atoms with Crippen LogP contribution in [-0.4, -0.2) is 49.6 Å². The van der Waals surface area contributed by atoms with Crippen LogP contribution in [0.5, 0.6) is 5.75 Å². The SMILES string of the molecule is CCCCOc1ccc(C(=O)NCC(=O)OCC(=O)NC(=O)NC2CCCCC2C)cc1. The fourth-order valence-corrected chi connectivity index (χ4v) is 3.39. The van der Waals surface area contributed by atoms with E-state index in [4.69, 9.17) is 9.47 Å². The normalized spacial score (nSPS) is 17.7. The fourth-order valence-electron chi connectivity index (χ4n) is 3.39. The van der Waals surface area contributed by atoms with Gasteiger partial charge in [0.1, 0.15) is 12.3 Å². The Hall–Kier alpha value is -3.10. The van der Waals surface area contributed by atoms with E-state index < -0.39 is 37.0 Å². The van der Waals surface area contributed by atoms with Crippen molar-refractivity contribution in [1.82, 2.24) is 16.0 Å². The van der Waals surface area contributed by atoms with Crippen LogP contribution in [0.25, 0.3) is 0 Å². The highest BCUT2D eigenvalue weighted by atomic mass is 16.5. The van der Waals surface area contributed by atoms with Crippen molar-refractivity contribution in [2.75, 3.05) is 19.8 Å². The molecule has 1 aromatic rings. The van der Waals surface area contributed by atoms with Crippen LogP contribution in [0.3, 0.4) is 0 Å². The van der Waals surface area contributed by atoms with Gasteiger partial charge >= 0.3 is 12.0 Å². The van der Waals surface area contributed by atoms with Crippen molar-refractivity contribution in [1.29, 1.82) is 0 Å². The molecule has 3 N–H and O–H groups in total. The van der Waals surface area contributed by atoms with Gasteiger partial charge in [-0.2, -0.15) is 0 Å². The molecule has 0 aromatic heterocycles. The predicted octanol–water partition coefficient (Wildman–Crippen LogP) is 2.54. The average Bonchev–Trinajstić information content (AvgIpc) is 2.78. The molecule has 176 valence electrons. The van der Waals surface area contributed by atoms with Crippen molar-refractivity contribution in [3.63, 3.8) is 0 Å². The second-order valence-electron chi connectivity index (χ2n) is 7.96. The van der Waals surface area contributed by atoms with Gasteiger partial charge in [0.2, 0.25) is 0 Å². The first-order valence-corrected chi connectivity index (χ1v) is 11.2. The third-order valence-electron chi connectivity index (χ3n) is 5.32. The number of unbranched alkanes of at least 4 members (excludes halogenated alkanes) is 1. The zero-order valence-electron chi connectivity index (χ0n) is 18.8. The smallest absolute Gasteiger partial charge is 0.325 e. The van der Waals surface area contributed by atoms with Gasteiger partial charge in [-0.1, -0.05) is 33.1 Å². The lowest BCUT2D eigenvalue weighted by molar-refractivity contribution is -0.147. The molecule has 1 saturated carbocycles. The lowest BCUT2D eigenvalue weighted by Gasteiger charge is -2.29. The second-order valence-corrected chi connectivity index (χ2v) is 7.96. The number of esters is 1. The van der Waals surface area contributed by atoms with Crippen molar-refractivity contribution in [2.45, 2.75) is 58.4 Å². The summed E-state index contributed by atoms with van der Waals surface area (Å²) >= 11 is 0. The van der Waals surface area contributed by atoms with Crippen molar-refractivity contribution in [2.24, 2.45) is 5.92 Å². The molecular formula is C23H33N3O6. The Kier molecular flexibility index (Phi) is 10.5. The average molecular weight is 448 g/mol. The Balaban J connectivity index is 1.64. The Bertz CT molecular complexity index is 780. The third-order valence-corrected chi connectivity index (χ3v) is 5.32. The van der Waals surface area contributed by atoms with E-state index in [1.54, 1.807) is 24.3 Å². The molecule has 1 fully saturated rings. The van der Waals surface area contributed by atoms with Crippen LogP contribution in [0, 0.1) is 5.92 Å². The molecule has 0 radical (unpaired) electrons. The minimum absolute atomic E-state index is 0.0336. The van der Waals surface area contributed by atoms with E-state index in [0.29, 0.717) is 23.8 Å². The maximum atomic E-state index is 12.1. The van der Waals surface area contributed by atoms with Crippen LogP contribution in [-0.2, 0) is 14.3 Å². The Labute approximate surface area is 188 Å². The van der Waals surface area contributed by atoms with Gasteiger partial charge < -0.3 is 20.1 Å². The summed E-state index contributed by atoms with van der Waals surface area (Å²) in [6, 6.07) is 6.01. The first-order chi connectivity index (χ1) is 15.4. The summed E-state index contributed by atoms with van der Waals surface area (Å²) in [5.41, 5.74) is 0.368. The van der Waals surface area contributed by atoms with E-state index in [9.17, 15) is 19.2 Å². The Morgan fingerprint density at radius 1 is 1.06 bits per heavy atom. The number of imide groups is 1. The molecule has 32 heavy (non-hydrogen) atoms. The molecule has 0 heterocycles. The van der Waals surface area contributed by atoms with Crippen LogP contribution >= 0.6 is 0 Å². The van der Waals surface area contributed by atoms with Gasteiger partial charge in [-0.05, 0) is 49.4 Å². The third kappa shape index (κ3) is 8.95. The summed E-state index contributed by atoms with van der Waals surface area (Å²) in [4.78, 5) is 47.7. The molecule has 4 amide bonds. The van der Waals surface area contributed by atoms with Gasteiger partial charge in [0.15, 0.2) is 6.61 Å². The quantitative estimate of drug-likeness (QED) is 0.374. The summed E-state index contributed by atoms with van der Waals surface area (Å²) in [6.07, 6.45) is 6.09. The van der Waals surface area contributed by atoms with Gasteiger partial charge in [-0.25, -0.2) is 4.79 Å². The van der Waals surface area contributed by atoms with Gasteiger partial charge in [0.25, 0.3) is 11.8 Å². The number of carbonyl (C=O) groups is 4. The highest BCUT2D eigenvalue weighted by Crippen LogP contribution is 2.23. The monoisotopic (exact) mass is 447 g/mol. The highest BCUT2D eigenvalue weighted by Gasteiger charge is 2.23. The zero-order chi connectivity index (χ0) is 23.3.